The zero-order valence-corrected chi connectivity index (χ0v) is 20.8. The molecule has 2 amide bonds. The molecule has 8 nitrogen and oxygen atoms in total. The number of amides is 2. The van der Waals surface area contributed by atoms with E-state index < -0.39 is 17.8 Å². The fourth-order valence-electron chi connectivity index (χ4n) is 2.71. The van der Waals surface area contributed by atoms with Gasteiger partial charge in [-0.2, -0.15) is 5.10 Å². The number of ether oxygens (including phenoxy) is 2. The van der Waals surface area contributed by atoms with Gasteiger partial charge in [-0.1, -0.05) is 23.7 Å². The first-order chi connectivity index (χ1) is 16.4. The molecule has 3 aromatic carbocycles. The Labute approximate surface area is 214 Å². The van der Waals surface area contributed by atoms with E-state index in [-0.39, 0.29) is 12.3 Å². The summed E-state index contributed by atoms with van der Waals surface area (Å²) in [6.07, 6.45) is 1.40. The fraction of sp³-hybridized carbons (Fsp3) is 0.0833. The number of methoxy groups -OCH3 is 1. The minimum absolute atomic E-state index is 0.248. The molecule has 3 aromatic rings. The largest absolute Gasteiger partial charge is 0.493 e. The van der Waals surface area contributed by atoms with Gasteiger partial charge in [0.05, 0.1) is 25.4 Å². The van der Waals surface area contributed by atoms with Gasteiger partial charge in [0.25, 0.3) is 11.8 Å². The SMILES string of the molecule is COc1cc(C=NNC(=O)CNC(=O)c2ccc(Cl)cc2)ccc1OC(=O)c1ccccc1I. The van der Waals surface area contributed by atoms with Crippen LogP contribution in [0.2, 0.25) is 5.02 Å². The van der Waals surface area contributed by atoms with Crippen LogP contribution in [-0.2, 0) is 4.79 Å². The Morgan fingerprint density at radius 2 is 1.76 bits per heavy atom. The minimum atomic E-state index is -0.506. The lowest BCUT2D eigenvalue weighted by Crippen LogP contribution is -2.34. The zero-order chi connectivity index (χ0) is 24.5. The van der Waals surface area contributed by atoms with Crippen LogP contribution in [0.3, 0.4) is 0 Å². The van der Waals surface area contributed by atoms with Gasteiger partial charge >= 0.3 is 5.97 Å². The van der Waals surface area contributed by atoms with Crippen LogP contribution >= 0.6 is 34.2 Å². The molecule has 2 N–H and O–H groups in total. The standard InChI is InChI=1S/C24H19ClIN3O5/c1-33-21-12-15(6-11-20(21)34-24(32)18-4-2-3-5-19(18)26)13-28-29-22(30)14-27-23(31)16-7-9-17(25)10-8-16/h2-13H,14H2,1H3,(H,27,31)(H,29,30). The summed E-state index contributed by atoms with van der Waals surface area (Å²) in [5, 5.41) is 6.87. The van der Waals surface area contributed by atoms with Crippen molar-refractivity contribution < 1.29 is 23.9 Å². The van der Waals surface area contributed by atoms with Crippen LogP contribution in [0.15, 0.2) is 71.8 Å². The maximum atomic E-state index is 12.5. The summed E-state index contributed by atoms with van der Waals surface area (Å²) in [5.41, 5.74) is 3.75. The van der Waals surface area contributed by atoms with Gasteiger partial charge in [-0.3, -0.25) is 9.59 Å². The number of esters is 1. The van der Waals surface area contributed by atoms with Gasteiger partial charge in [-0.25, -0.2) is 10.2 Å². The lowest BCUT2D eigenvalue weighted by atomic mass is 10.2. The van der Waals surface area contributed by atoms with Crippen LogP contribution in [0.25, 0.3) is 0 Å². The second-order valence-corrected chi connectivity index (χ2v) is 8.36. The number of carbonyl (C=O) groups excluding carboxylic acids is 3. The maximum Gasteiger partial charge on any atom is 0.344 e. The number of nitrogens with one attached hydrogen (secondary N) is 2. The first-order valence-corrected chi connectivity index (χ1v) is 11.3. The van der Waals surface area contributed by atoms with E-state index in [2.05, 4.69) is 38.4 Å². The molecule has 0 unspecified atom stereocenters. The highest BCUT2D eigenvalue weighted by atomic mass is 127. The lowest BCUT2D eigenvalue weighted by molar-refractivity contribution is -0.120. The molecule has 0 bridgehead atoms. The molecule has 0 saturated carbocycles. The van der Waals surface area contributed by atoms with Crippen molar-refractivity contribution in [3.05, 3.63) is 92.0 Å². The number of hydrogen-bond acceptors (Lipinski definition) is 6. The van der Waals surface area contributed by atoms with E-state index in [9.17, 15) is 14.4 Å². The van der Waals surface area contributed by atoms with E-state index in [4.69, 9.17) is 21.1 Å². The molecule has 0 aliphatic heterocycles. The molecule has 0 aromatic heterocycles. The summed E-state index contributed by atoms with van der Waals surface area (Å²) < 4.78 is 11.5. The van der Waals surface area contributed by atoms with Gasteiger partial charge in [0.1, 0.15) is 0 Å². The molecule has 34 heavy (non-hydrogen) atoms. The lowest BCUT2D eigenvalue weighted by Gasteiger charge is -2.10. The van der Waals surface area contributed by atoms with Crippen molar-refractivity contribution in [2.24, 2.45) is 5.10 Å². The average molecular weight is 592 g/mol. The van der Waals surface area contributed by atoms with Gasteiger partial charge in [0, 0.05) is 14.2 Å². The normalized spacial score (nSPS) is 10.6. The number of rotatable bonds is 8. The Hall–Kier alpha value is -3.44. The third-order valence-electron chi connectivity index (χ3n) is 4.40. The number of carbonyl (C=O) groups is 3. The highest BCUT2D eigenvalue weighted by molar-refractivity contribution is 14.1. The summed E-state index contributed by atoms with van der Waals surface area (Å²) in [6, 6.07) is 18.2. The first kappa shape index (κ1) is 25.2. The smallest absolute Gasteiger partial charge is 0.344 e. The van der Waals surface area contributed by atoms with E-state index in [1.54, 1.807) is 54.6 Å². The monoisotopic (exact) mass is 591 g/mol. The molecule has 3 rings (SSSR count). The number of nitrogens with zero attached hydrogens (tertiary/aromatic N) is 1. The summed E-state index contributed by atoms with van der Waals surface area (Å²) in [7, 11) is 1.45. The highest BCUT2D eigenvalue weighted by Crippen LogP contribution is 2.29. The van der Waals surface area contributed by atoms with E-state index in [0.717, 1.165) is 3.57 Å². The van der Waals surface area contributed by atoms with E-state index in [1.807, 2.05) is 12.1 Å². The van der Waals surface area contributed by atoms with Crippen LogP contribution < -0.4 is 20.2 Å². The molecule has 0 spiro atoms. The van der Waals surface area contributed by atoms with Crippen molar-refractivity contribution in [1.82, 2.24) is 10.7 Å². The van der Waals surface area contributed by atoms with E-state index in [1.165, 1.54) is 13.3 Å². The van der Waals surface area contributed by atoms with Gasteiger partial charge in [-0.05, 0) is 82.8 Å². The van der Waals surface area contributed by atoms with Crippen molar-refractivity contribution >= 4 is 58.2 Å². The Morgan fingerprint density at radius 3 is 2.47 bits per heavy atom. The predicted octanol–water partition coefficient (Wildman–Crippen LogP) is 4.05. The molecule has 0 heterocycles. The van der Waals surface area contributed by atoms with Crippen LogP contribution in [-0.4, -0.2) is 37.7 Å². The molecule has 10 heteroatoms. The van der Waals surface area contributed by atoms with E-state index >= 15 is 0 Å². The second-order valence-electron chi connectivity index (χ2n) is 6.76. The molecule has 0 radical (unpaired) electrons. The topological polar surface area (TPSA) is 106 Å². The predicted molar refractivity (Wildman–Crippen MR) is 137 cm³/mol. The summed E-state index contributed by atoms with van der Waals surface area (Å²) in [5.74, 6) is -0.843. The summed E-state index contributed by atoms with van der Waals surface area (Å²) >= 11 is 7.85. The molecule has 0 aliphatic rings. The van der Waals surface area contributed by atoms with Crippen molar-refractivity contribution in [2.45, 2.75) is 0 Å². The average Bonchev–Trinajstić information content (AvgIpc) is 2.84. The van der Waals surface area contributed by atoms with Crippen molar-refractivity contribution in [2.75, 3.05) is 13.7 Å². The van der Waals surface area contributed by atoms with Gasteiger partial charge in [0.15, 0.2) is 11.5 Å². The molecular formula is C24H19ClIN3O5. The third-order valence-corrected chi connectivity index (χ3v) is 5.60. The van der Waals surface area contributed by atoms with Crippen LogP contribution in [0.1, 0.15) is 26.3 Å². The number of benzene rings is 3. The van der Waals surface area contributed by atoms with Gasteiger partial charge in [-0.15, -0.1) is 0 Å². The minimum Gasteiger partial charge on any atom is -0.493 e. The third kappa shape index (κ3) is 7.03. The van der Waals surface area contributed by atoms with Crippen LogP contribution in [0.4, 0.5) is 0 Å². The highest BCUT2D eigenvalue weighted by Gasteiger charge is 2.15. The van der Waals surface area contributed by atoms with Crippen LogP contribution in [0, 0.1) is 3.57 Å². The van der Waals surface area contributed by atoms with Crippen molar-refractivity contribution in [3.63, 3.8) is 0 Å². The first-order valence-electron chi connectivity index (χ1n) is 9.88. The maximum absolute atomic E-state index is 12.5. The molecule has 0 aliphatic carbocycles. The number of hydrazone groups is 1. The quantitative estimate of drug-likeness (QED) is 0.135. The molecule has 0 saturated heterocycles. The molecular weight excluding hydrogens is 573 g/mol. The Balaban J connectivity index is 1.55. The Bertz CT molecular complexity index is 1230. The fourth-order valence-corrected chi connectivity index (χ4v) is 3.45. The van der Waals surface area contributed by atoms with E-state index in [0.29, 0.717) is 27.5 Å². The van der Waals surface area contributed by atoms with Gasteiger partial charge < -0.3 is 14.8 Å². The molecule has 0 fully saturated rings. The number of hydrogen-bond donors (Lipinski definition) is 2. The van der Waals surface area contributed by atoms with Crippen molar-refractivity contribution in [3.8, 4) is 11.5 Å². The molecule has 0 atom stereocenters. The Morgan fingerprint density at radius 1 is 1.03 bits per heavy atom. The summed E-state index contributed by atoms with van der Waals surface area (Å²) in [4.78, 5) is 36.4. The van der Waals surface area contributed by atoms with Crippen molar-refractivity contribution in [1.29, 1.82) is 0 Å². The van der Waals surface area contributed by atoms with Crippen LogP contribution in [0.5, 0.6) is 11.5 Å². The zero-order valence-electron chi connectivity index (χ0n) is 17.9. The summed E-state index contributed by atoms with van der Waals surface area (Å²) in [6.45, 7) is -0.255. The molecule has 174 valence electrons. The van der Waals surface area contributed by atoms with Gasteiger partial charge in [0.2, 0.25) is 0 Å². The second kappa shape index (κ2) is 12.1. The number of halogens is 2. The Kier molecular flexibility index (Phi) is 9.00.